The number of para-hydroxylation sites is 1. The Bertz CT molecular complexity index is 918. The highest BCUT2D eigenvalue weighted by Gasteiger charge is 2.33. The highest BCUT2D eigenvalue weighted by molar-refractivity contribution is 5.89. The van der Waals surface area contributed by atoms with Crippen LogP contribution >= 0.6 is 0 Å². The van der Waals surface area contributed by atoms with Crippen molar-refractivity contribution in [2.45, 2.75) is 12.6 Å². The van der Waals surface area contributed by atoms with Gasteiger partial charge in [0.15, 0.2) is 0 Å². The molecule has 1 heterocycles. The van der Waals surface area contributed by atoms with Crippen molar-refractivity contribution >= 4 is 16.9 Å². The van der Waals surface area contributed by atoms with E-state index in [9.17, 15) is 18.0 Å². The van der Waals surface area contributed by atoms with Crippen LogP contribution in [0.15, 0.2) is 54.6 Å². The maximum absolute atomic E-state index is 13.1. The van der Waals surface area contributed by atoms with Gasteiger partial charge in [0.2, 0.25) is 0 Å². The van der Waals surface area contributed by atoms with Gasteiger partial charge in [-0.3, -0.25) is 0 Å². The lowest BCUT2D eigenvalue weighted by Crippen LogP contribution is -2.09. The molecule has 3 aromatic rings. The first kappa shape index (κ1) is 17.0. The molecule has 1 aromatic heterocycles. The van der Waals surface area contributed by atoms with E-state index in [1.54, 1.807) is 48.5 Å². The lowest BCUT2D eigenvalue weighted by Gasteiger charge is -2.12. The molecule has 0 fully saturated rings. The standard InChI is InChI=1S/C19H14F3NO2/c1-25-18(24)13-8-6-12(7-9-13)10-14-11-17(19(20,21)22)23-16-5-3-2-4-15(14)16/h2-9,11H,10H2,1H3. The number of ether oxygens (including phenoxy) is 1. The molecular formula is C19H14F3NO2. The van der Waals surface area contributed by atoms with E-state index in [1.165, 1.54) is 7.11 Å². The lowest BCUT2D eigenvalue weighted by atomic mass is 9.99. The van der Waals surface area contributed by atoms with Crippen molar-refractivity contribution in [3.63, 3.8) is 0 Å². The molecule has 0 saturated carbocycles. The van der Waals surface area contributed by atoms with Crippen molar-refractivity contribution in [2.24, 2.45) is 0 Å². The zero-order valence-corrected chi connectivity index (χ0v) is 13.3. The molecule has 128 valence electrons. The van der Waals surface area contributed by atoms with Gasteiger partial charge in [0.1, 0.15) is 5.69 Å². The predicted octanol–water partition coefficient (Wildman–Crippen LogP) is 4.63. The van der Waals surface area contributed by atoms with E-state index in [2.05, 4.69) is 9.72 Å². The van der Waals surface area contributed by atoms with E-state index in [-0.39, 0.29) is 0 Å². The molecule has 6 heteroatoms. The summed E-state index contributed by atoms with van der Waals surface area (Å²) in [6.45, 7) is 0. The summed E-state index contributed by atoms with van der Waals surface area (Å²) < 4.78 is 43.9. The third-order valence-electron chi connectivity index (χ3n) is 3.86. The minimum atomic E-state index is -4.51. The second-order valence-electron chi connectivity index (χ2n) is 5.55. The molecule has 2 aromatic carbocycles. The van der Waals surface area contributed by atoms with Crippen LogP contribution in [-0.2, 0) is 17.3 Å². The number of fused-ring (bicyclic) bond motifs is 1. The maximum Gasteiger partial charge on any atom is 0.433 e. The highest BCUT2D eigenvalue weighted by Crippen LogP contribution is 2.31. The van der Waals surface area contributed by atoms with Crippen molar-refractivity contribution in [1.82, 2.24) is 4.98 Å². The van der Waals surface area contributed by atoms with Gasteiger partial charge in [-0.15, -0.1) is 0 Å². The fourth-order valence-electron chi connectivity index (χ4n) is 2.64. The van der Waals surface area contributed by atoms with Gasteiger partial charge < -0.3 is 4.74 Å². The van der Waals surface area contributed by atoms with Crippen LogP contribution in [0.1, 0.15) is 27.2 Å². The number of methoxy groups -OCH3 is 1. The van der Waals surface area contributed by atoms with Crippen LogP contribution in [0, 0.1) is 0 Å². The van der Waals surface area contributed by atoms with Crippen LogP contribution in [-0.4, -0.2) is 18.1 Å². The number of benzene rings is 2. The van der Waals surface area contributed by atoms with E-state index >= 15 is 0 Å². The SMILES string of the molecule is COC(=O)c1ccc(Cc2cc(C(F)(F)F)nc3ccccc23)cc1. The Morgan fingerprint density at radius 1 is 1.08 bits per heavy atom. The fraction of sp³-hybridized carbons (Fsp3) is 0.158. The molecular weight excluding hydrogens is 331 g/mol. The molecule has 0 saturated heterocycles. The molecule has 3 rings (SSSR count). The van der Waals surface area contributed by atoms with Gasteiger partial charge in [0.05, 0.1) is 18.2 Å². The molecule has 0 unspecified atom stereocenters. The van der Waals surface area contributed by atoms with Crippen molar-refractivity contribution < 1.29 is 22.7 Å². The average Bonchev–Trinajstić information content (AvgIpc) is 2.61. The number of nitrogens with zero attached hydrogens (tertiary/aromatic N) is 1. The Kier molecular flexibility index (Phi) is 4.44. The molecule has 0 aliphatic heterocycles. The summed E-state index contributed by atoms with van der Waals surface area (Å²) in [5.74, 6) is -0.458. The van der Waals surface area contributed by atoms with Gasteiger partial charge in [-0.05, 0) is 41.8 Å². The van der Waals surface area contributed by atoms with Gasteiger partial charge in [-0.25, -0.2) is 9.78 Å². The van der Waals surface area contributed by atoms with Crippen molar-refractivity contribution in [1.29, 1.82) is 0 Å². The minimum absolute atomic E-state index is 0.299. The Hall–Kier alpha value is -2.89. The maximum atomic E-state index is 13.1. The largest absolute Gasteiger partial charge is 0.465 e. The third kappa shape index (κ3) is 3.63. The predicted molar refractivity (Wildman–Crippen MR) is 87.3 cm³/mol. The van der Waals surface area contributed by atoms with Gasteiger partial charge in [-0.2, -0.15) is 13.2 Å². The third-order valence-corrected chi connectivity index (χ3v) is 3.86. The van der Waals surface area contributed by atoms with Gasteiger partial charge >= 0.3 is 12.1 Å². The molecule has 0 N–H and O–H groups in total. The average molecular weight is 345 g/mol. The Balaban J connectivity index is 2.01. The summed E-state index contributed by atoms with van der Waals surface area (Å²) in [6.07, 6.45) is -4.21. The number of alkyl halides is 3. The van der Waals surface area contributed by atoms with E-state index in [1.807, 2.05) is 0 Å². The molecule has 0 aliphatic rings. The summed E-state index contributed by atoms with van der Waals surface area (Å²) in [6, 6.07) is 14.4. The first-order valence-corrected chi connectivity index (χ1v) is 7.51. The smallest absolute Gasteiger partial charge is 0.433 e. The number of hydrogen-bond acceptors (Lipinski definition) is 3. The summed E-state index contributed by atoms with van der Waals surface area (Å²) >= 11 is 0. The number of carbonyl (C=O) groups excluding carboxylic acids is 1. The van der Waals surface area contributed by atoms with Crippen molar-refractivity contribution in [3.8, 4) is 0 Å². The highest BCUT2D eigenvalue weighted by atomic mass is 19.4. The summed E-state index contributed by atoms with van der Waals surface area (Å²) in [7, 11) is 1.29. The number of rotatable bonds is 3. The van der Waals surface area contributed by atoms with E-state index in [4.69, 9.17) is 0 Å². The zero-order valence-electron chi connectivity index (χ0n) is 13.3. The summed E-state index contributed by atoms with van der Waals surface area (Å²) in [5.41, 5.74) is 1.11. The normalized spacial score (nSPS) is 11.5. The number of esters is 1. The van der Waals surface area contributed by atoms with E-state index in [0.717, 1.165) is 11.6 Å². The van der Waals surface area contributed by atoms with Crippen LogP contribution in [0.2, 0.25) is 0 Å². The van der Waals surface area contributed by atoms with Gasteiger partial charge in [0.25, 0.3) is 0 Å². The molecule has 0 amide bonds. The second-order valence-corrected chi connectivity index (χ2v) is 5.55. The van der Waals surface area contributed by atoms with E-state index < -0.39 is 17.8 Å². The molecule has 0 radical (unpaired) electrons. The molecule has 0 bridgehead atoms. The molecule has 3 nitrogen and oxygen atoms in total. The first-order chi connectivity index (χ1) is 11.9. The Morgan fingerprint density at radius 2 is 1.76 bits per heavy atom. The fourth-order valence-corrected chi connectivity index (χ4v) is 2.64. The number of hydrogen-bond donors (Lipinski definition) is 0. The number of halogens is 3. The Labute approximate surface area is 142 Å². The number of aromatic nitrogens is 1. The Morgan fingerprint density at radius 3 is 2.40 bits per heavy atom. The molecule has 0 aliphatic carbocycles. The van der Waals surface area contributed by atoms with Gasteiger partial charge in [0, 0.05) is 5.39 Å². The number of carbonyl (C=O) groups is 1. The van der Waals surface area contributed by atoms with Crippen LogP contribution in [0.25, 0.3) is 10.9 Å². The van der Waals surface area contributed by atoms with Gasteiger partial charge in [-0.1, -0.05) is 30.3 Å². The lowest BCUT2D eigenvalue weighted by molar-refractivity contribution is -0.141. The monoisotopic (exact) mass is 345 g/mol. The second kappa shape index (κ2) is 6.55. The van der Waals surface area contributed by atoms with Crippen molar-refractivity contribution in [2.75, 3.05) is 7.11 Å². The molecule has 0 atom stereocenters. The summed E-state index contributed by atoms with van der Waals surface area (Å²) in [4.78, 5) is 15.2. The van der Waals surface area contributed by atoms with Crippen LogP contribution < -0.4 is 0 Å². The van der Waals surface area contributed by atoms with Crippen LogP contribution in [0.4, 0.5) is 13.2 Å². The van der Waals surface area contributed by atoms with Crippen LogP contribution in [0.3, 0.4) is 0 Å². The summed E-state index contributed by atoms with van der Waals surface area (Å²) in [5, 5.41) is 0.674. The minimum Gasteiger partial charge on any atom is -0.465 e. The quantitative estimate of drug-likeness (QED) is 0.650. The van der Waals surface area contributed by atoms with E-state index in [0.29, 0.717) is 28.5 Å². The molecule has 25 heavy (non-hydrogen) atoms. The topological polar surface area (TPSA) is 39.2 Å². The zero-order chi connectivity index (χ0) is 18.0. The van der Waals surface area contributed by atoms with Crippen LogP contribution in [0.5, 0.6) is 0 Å². The molecule has 0 spiro atoms. The first-order valence-electron chi connectivity index (χ1n) is 7.51. The number of pyridine rings is 1. The van der Waals surface area contributed by atoms with Crippen molar-refractivity contribution in [3.05, 3.63) is 77.0 Å².